The highest BCUT2D eigenvalue weighted by Crippen LogP contribution is 2.23. The Morgan fingerprint density at radius 1 is 1.10 bits per heavy atom. The number of carbonyl (C=O) groups is 1. The Kier molecular flexibility index (Phi) is 9.00. The summed E-state index contributed by atoms with van der Waals surface area (Å²) >= 11 is 0. The minimum atomic E-state index is 0.135. The first kappa shape index (κ1) is 23.3. The first-order valence-corrected chi connectivity index (χ1v) is 11.4. The molecule has 2 aromatic rings. The lowest BCUT2D eigenvalue weighted by Gasteiger charge is -2.35. The quantitative estimate of drug-likeness (QED) is 0.429. The molecule has 0 N–H and O–H groups in total. The molecule has 0 bridgehead atoms. The Morgan fingerprint density at radius 3 is 2.48 bits per heavy atom. The summed E-state index contributed by atoms with van der Waals surface area (Å²) < 4.78 is 2.29. The molecule has 3 heteroatoms. The SMILES string of the molecule is CCCCC(CC)C(=O)N(Cc1cccn1Cc1cccc(C)c1)C(C)C(C)C. The van der Waals surface area contributed by atoms with Crippen molar-refractivity contribution in [2.75, 3.05) is 0 Å². The predicted octanol–water partition coefficient (Wildman–Crippen LogP) is 6.43. The van der Waals surface area contributed by atoms with Crippen LogP contribution in [0.5, 0.6) is 0 Å². The number of unbranched alkanes of at least 4 members (excludes halogenated alkanes) is 1. The number of rotatable bonds is 11. The molecule has 0 spiro atoms. The molecule has 2 rings (SSSR count). The van der Waals surface area contributed by atoms with Crippen molar-refractivity contribution in [2.24, 2.45) is 11.8 Å². The molecule has 1 amide bonds. The van der Waals surface area contributed by atoms with Gasteiger partial charge in [-0.05, 0) is 50.3 Å². The van der Waals surface area contributed by atoms with Crippen LogP contribution in [0.2, 0.25) is 0 Å². The maximum Gasteiger partial charge on any atom is 0.226 e. The molecule has 0 saturated carbocycles. The van der Waals surface area contributed by atoms with Gasteiger partial charge in [-0.25, -0.2) is 0 Å². The highest BCUT2D eigenvalue weighted by atomic mass is 16.2. The molecule has 0 saturated heterocycles. The van der Waals surface area contributed by atoms with Gasteiger partial charge in [0, 0.05) is 30.4 Å². The van der Waals surface area contributed by atoms with Gasteiger partial charge in [0.15, 0.2) is 0 Å². The molecule has 1 aromatic carbocycles. The number of hydrogen-bond donors (Lipinski definition) is 0. The second kappa shape index (κ2) is 11.2. The average Bonchev–Trinajstić information content (AvgIpc) is 3.12. The lowest BCUT2D eigenvalue weighted by Crippen LogP contribution is -2.44. The molecule has 1 heterocycles. The largest absolute Gasteiger partial charge is 0.345 e. The zero-order valence-corrected chi connectivity index (χ0v) is 19.3. The van der Waals surface area contributed by atoms with Gasteiger partial charge < -0.3 is 9.47 Å². The van der Waals surface area contributed by atoms with Crippen molar-refractivity contribution in [1.82, 2.24) is 9.47 Å². The van der Waals surface area contributed by atoms with E-state index in [2.05, 4.69) is 93.6 Å². The highest BCUT2D eigenvalue weighted by molar-refractivity contribution is 5.79. The fraction of sp³-hybridized carbons (Fsp3) is 0.577. The smallest absolute Gasteiger partial charge is 0.226 e. The van der Waals surface area contributed by atoms with Crippen LogP contribution < -0.4 is 0 Å². The first-order chi connectivity index (χ1) is 13.9. The van der Waals surface area contributed by atoms with Crippen LogP contribution in [0.25, 0.3) is 0 Å². The van der Waals surface area contributed by atoms with Gasteiger partial charge in [0.1, 0.15) is 0 Å². The van der Waals surface area contributed by atoms with Crippen molar-refractivity contribution in [3.05, 3.63) is 59.4 Å². The summed E-state index contributed by atoms with van der Waals surface area (Å²) in [5, 5.41) is 0. The molecule has 2 unspecified atom stereocenters. The van der Waals surface area contributed by atoms with E-state index < -0.39 is 0 Å². The Bertz CT molecular complexity index is 762. The van der Waals surface area contributed by atoms with E-state index in [9.17, 15) is 4.79 Å². The summed E-state index contributed by atoms with van der Waals surface area (Å²) in [6, 6.07) is 13.1. The third-order valence-corrected chi connectivity index (χ3v) is 6.18. The van der Waals surface area contributed by atoms with Crippen LogP contribution in [0, 0.1) is 18.8 Å². The summed E-state index contributed by atoms with van der Waals surface area (Å²) in [5.74, 6) is 0.893. The molecule has 29 heavy (non-hydrogen) atoms. The maximum atomic E-state index is 13.5. The predicted molar refractivity (Wildman–Crippen MR) is 123 cm³/mol. The van der Waals surface area contributed by atoms with Gasteiger partial charge in [0.05, 0.1) is 6.54 Å². The van der Waals surface area contributed by atoms with Gasteiger partial charge in [-0.1, -0.05) is 70.4 Å². The zero-order chi connectivity index (χ0) is 21.4. The number of amides is 1. The molecular weight excluding hydrogens is 356 g/mol. The molecule has 0 aliphatic heterocycles. The monoisotopic (exact) mass is 396 g/mol. The summed E-state index contributed by atoms with van der Waals surface area (Å²) in [4.78, 5) is 15.6. The summed E-state index contributed by atoms with van der Waals surface area (Å²) in [6.45, 7) is 14.6. The van der Waals surface area contributed by atoms with Gasteiger partial charge in [0.2, 0.25) is 5.91 Å². The lowest BCUT2D eigenvalue weighted by molar-refractivity contribution is -0.139. The van der Waals surface area contributed by atoms with Gasteiger partial charge in [-0.2, -0.15) is 0 Å². The molecule has 0 radical (unpaired) electrons. The highest BCUT2D eigenvalue weighted by Gasteiger charge is 2.28. The van der Waals surface area contributed by atoms with Crippen LogP contribution in [0.15, 0.2) is 42.6 Å². The lowest BCUT2D eigenvalue weighted by atomic mass is 9.95. The third-order valence-electron chi connectivity index (χ3n) is 6.18. The Hall–Kier alpha value is -2.03. The average molecular weight is 397 g/mol. The minimum absolute atomic E-state index is 0.135. The molecule has 0 aliphatic rings. The maximum absolute atomic E-state index is 13.5. The standard InChI is InChI=1S/C26H40N2O/c1-7-9-14-24(8-2)26(29)28(22(6)20(3)4)19-25-15-11-16-27(25)18-23-13-10-12-21(5)17-23/h10-13,15-17,20,22,24H,7-9,14,18-19H2,1-6H3. The summed E-state index contributed by atoms with van der Waals surface area (Å²) in [5.41, 5.74) is 3.78. The van der Waals surface area contributed by atoms with Crippen molar-refractivity contribution in [3.63, 3.8) is 0 Å². The minimum Gasteiger partial charge on any atom is -0.345 e. The number of benzene rings is 1. The zero-order valence-electron chi connectivity index (χ0n) is 19.3. The van der Waals surface area contributed by atoms with Crippen LogP contribution in [0.1, 0.15) is 77.1 Å². The van der Waals surface area contributed by atoms with Crippen molar-refractivity contribution in [2.45, 2.75) is 86.4 Å². The Balaban J connectivity index is 2.23. The molecule has 3 nitrogen and oxygen atoms in total. The van der Waals surface area contributed by atoms with E-state index in [1.165, 1.54) is 16.8 Å². The van der Waals surface area contributed by atoms with E-state index in [-0.39, 0.29) is 12.0 Å². The molecular formula is C26H40N2O. The van der Waals surface area contributed by atoms with Crippen molar-refractivity contribution in [1.29, 1.82) is 0 Å². The summed E-state index contributed by atoms with van der Waals surface area (Å²) in [7, 11) is 0. The van der Waals surface area contributed by atoms with E-state index in [0.29, 0.717) is 18.4 Å². The number of carbonyl (C=O) groups excluding carboxylic acids is 1. The van der Waals surface area contributed by atoms with Crippen molar-refractivity contribution >= 4 is 5.91 Å². The number of hydrogen-bond acceptors (Lipinski definition) is 1. The van der Waals surface area contributed by atoms with Crippen LogP contribution in [-0.2, 0) is 17.9 Å². The van der Waals surface area contributed by atoms with Crippen molar-refractivity contribution < 1.29 is 4.79 Å². The van der Waals surface area contributed by atoms with Gasteiger partial charge >= 0.3 is 0 Å². The Labute approximate surface area is 178 Å². The van der Waals surface area contributed by atoms with E-state index in [0.717, 1.165) is 32.2 Å². The van der Waals surface area contributed by atoms with Crippen LogP contribution >= 0.6 is 0 Å². The molecule has 1 aromatic heterocycles. The van der Waals surface area contributed by atoms with Crippen molar-refractivity contribution in [3.8, 4) is 0 Å². The summed E-state index contributed by atoms with van der Waals surface area (Å²) in [6.07, 6.45) is 6.32. The normalized spacial score (nSPS) is 13.5. The second-order valence-electron chi connectivity index (χ2n) is 8.81. The topological polar surface area (TPSA) is 25.2 Å². The molecule has 0 aliphatic carbocycles. The molecule has 2 atom stereocenters. The van der Waals surface area contributed by atoms with Gasteiger partial charge in [-0.3, -0.25) is 4.79 Å². The Morgan fingerprint density at radius 2 is 1.86 bits per heavy atom. The van der Waals surface area contributed by atoms with E-state index in [1.807, 2.05) is 0 Å². The van der Waals surface area contributed by atoms with Crippen LogP contribution in [0.3, 0.4) is 0 Å². The van der Waals surface area contributed by atoms with Crippen LogP contribution in [-0.4, -0.2) is 21.4 Å². The van der Waals surface area contributed by atoms with E-state index >= 15 is 0 Å². The van der Waals surface area contributed by atoms with Crippen LogP contribution in [0.4, 0.5) is 0 Å². The van der Waals surface area contributed by atoms with E-state index in [1.54, 1.807) is 0 Å². The first-order valence-electron chi connectivity index (χ1n) is 11.4. The van der Waals surface area contributed by atoms with Gasteiger partial charge in [-0.15, -0.1) is 0 Å². The number of aromatic nitrogens is 1. The second-order valence-corrected chi connectivity index (χ2v) is 8.81. The number of aryl methyl sites for hydroxylation is 1. The molecule has 160 valence electrons. The third kappa shape index (κ3) is 6.48. The molecule has 0 fully saturated rings. The fourth-order valence-electron chi connectivity index (χ4n) is 3.90. The van der Waals surface area contributed by atoms with E-state index in [4.69, 9.17) is 0 Å². The van der Waals surface area contributed by atoms with Gasteiger partial charge in [0.25, 0.3) is 0 Å². The number of nitrogens with zero attached hydrogens (tertiary/aromatic N) is 2. The fourth-order valence-corrected chi connectivity index (χ4v) is 3.90.